The Morgan fingerprint density at radius 3 is 0.911 bits per heavy atom. The van der Waals surface area contributed by atoms with Gasteiger partial charge in [-0.2, -0.15) is 0 Å². The average Bonchev–Trinajstić information content (AvgIpc) is 3.08. The van der Waals surface area contributed by atoms with E-state index in [0.717, 1.165) is 0 Å². The third-order valence-corrected chi connectivity index (χ3v) is 6.92. The van der Waals surface area contributed by atoms with Crippen molar-refractivity contribution in [1.82, 2.24) is 0 Å². The zero-order chi connectivity index (χ0) is 32.0. The highest BCUT2D eigenvalue weighted by Crippen LogP contribution is 2.35. The maximum Gasteiger partial charge on any atom is 0.338 e. The van der Waals surface area contributed by atoms with Gasteiger partial charge < -0.3 is 28.4 Å². The lowest BCUT2D eigenvalue weighted by atomic mass is 9.83. The SMILES string of the molecule is C=CCOC1C(OC(=O)c2ccccc2)C(OCC=C)C(OC(=O)c2ccccc2)C(OCC=C)C1OC(=O)c1ccccc1. The minimum absolute atomic E-state index is 0.000266. The summed E-state index contributed by atoms with van der Waals surface area (Å²) in [7, 11) is 0. The summed E-state index contributed by atoms with van der Waals surface area (Å²) in [6, 6.07) is 25.1. The molecule has 0 aliphatic heterocycles. The fourth-order valence-corrected chi connectivity index (χ4v) is 4.93. The maximum absolute atomic E-state index is 13.5. The van der Waals surface area contributed by atoms with Gasteiger partial charge in [0.05, 0.1) is 36.5 Å². The lowest BCUT2D eigenvalue weighted by Crippen LogP contribution is -2.68. The lowest BCUT2D eigenvalue weighted by molar-refractivity contribution is -0.249. The molecule has 0 aromatic heterocycles. The lowest BCUT2D eigenvalue weighted by Gasteiger charge is -2.48. The van der Waals surface area contributed by atoms with E-state index in [-0.39, 0.29) is 36.5 Å². The van der Waals surface area contributed by atoms with Crippen LogP contribution in [-0.2, 0) is 28.4 Å². The Morgan fingerprint density at radius 2 is 0.689 bits per heavy atom. The average molecular weight is 613 g/mol. The van der Waals surface area contributed by atoms with Crippen molar-refractivity contribution in [3.63, 3.8) is 0 Å². The molecule has 0 bridgehead atoms. The van der Waals surface area contributed by atoms with Crippen LogP contribution < -0.4 is 0 Å². The predicted molar refractivity (Wildman–Crippen MR) is 167 cm³/mol. The standard InChI is InChI=1S/C36H36O9/c1-4-22-40-28-31(43-34(37)25-16-10-7-11-17-25)29(41-23-5-2)33(45-36(39)27-20-14-9-15-21-27)30(42-24-6-3)32(28)44-35(38)26-18-12-8-13-19-26/h4-21,28-33H,1-3,22-24H2. The Balaban J connectivity index is 1.83. The monoisotopic (exact) mass is 612 g/mol. The number of carbonyl (C=O) groups is 3. The largest absolute Gasteiger partial charge is 0.453 e. The van der Waals surface area contributed by atoms with Crippen LogP contribution in [0, 0.1) is 0 Å². The first kappa shape index (κ1) is 33.1. The molecule has 1 saturated carbocycles. The summed E-state index contributed by atoms with van der Waals surface area (Å²) in [6.45, 7) is 11.2. The summed E-state index contributed by atoms with van der Waals surface area (Å²) in [4.78, 5) is 40.4. The number of ether oxygens (including phenoxy) is 6. The van der Waals surface area contributed by atoms with Crippen LogP contribution >= 0.6 is 0 Å². The van der Waals surface area contributed by atoms with Gasteiger partial charge in [0.25, 0.3) is 0 Å². The molecule has 9 nitrogen and oxygen atoms in total. The molecule has 0 saturated heterocycles. The van der Waals surface area contributed by atoms with Gasteiger partial charge in [-0.1, -0.05) is 72.8 Å². The molecular weight excluding hydrogens is 576 g/mol. The molecule has 0 amide bonds. The van der Waals surface area contributed by atoms with Crippen LogP contribution in [-0.4, -0.2) is 74.4 Å². The van der Waals surface area contributed by atoms with E-state index in [0.29, 0.717) is 0 Å². The normalized spacial score (nSPS) is 22.4. The first-order valence-electron chi connectivity index (χ1n) is 14.4. The fourth-order valence-electron chi connectivity index (χ4n) is 4.93. The van der Waals surface area contributed by atoms with E-state index in [9.17, 15) is 14.4 Å². The van der Waals surface area contributed by atoms with Crippen molar-refractivity contribution in [1.29, 1.82) is 0 Å². The van der Waals surface area contributed by atoms with Crippen LogP contribution in [0.4, 0.5) is 0 Å². The van der Waals surface area contributed by atoms with E-state index in [1.54, 1.807) is 91.0 Å². The Bertz CT molecular complexity index is 1240. The molecule has 4 rings (SSSR count). The van der Waals surface area contributed by atoms with Crippen molar-refractivity contribution in [2.75, 3.05) is 19.8 Å². The molecule has 0 atom stereocenters. The van der Waals surface area contributed by atoms with Crippen LogP contribution in [0.2, 0.25) is 0 Å². The highest BCUT2D eigenvalue weighted by molar-refractivity contribution is 5.91. The molecule has 0 spiro atoms. The molecule has 0 N–H and O–H groups in total. The van der Waals surface area contributed by atoms with Gasteiger partial charge in [-0.15, -0.1) is 19.7 Å². The van der Waals surface area contributed by atoms with Gasteiger partial charge in [0.15, 0.2) is 18.3 Å². The van der Waals surface area contributed by atoms with Gasteiger partial charge in [0.2, 0.25) is 0 Å². The Labute approximate surface area is 262 Å². The van der Waals surface area contributed by atoms with Gasteiger partial charge in [-0.25, -0.2) is 14.4 Å². The molecule has 234 valence electrons. The van der Waals surface area contributed by atoms with Crippen LogP contribution in [0.5, 0.6) is 0 Å². The molecule has 1 fully saturated rings. The third kappa shape index (κ3) is 8.63. The van der Waals surface area contributed by atoms with Gasteiger partial charge in [-0.05, 0) is 36.4 Å². The second-order valence-corrected chi connectivity index (χ2v) is 9.97. The second kappa shape index (κ2) is 16.9. The summed E-state index contributed by atoms with van der Waals surface area (Å²) < 4.78 is 36.7. The quantitative estimate of drug-likeness (QED) is 0.127. The predicted octanol–water partition coefficient (Wildman–Crippen LogP) is 5.39. The number of esters is 3. The van der Waals surface area contributed by atoms with Crippen molar-refractivity contribution in [3.8, 4) is 0 Å². The van der Waals surface area contributed by atoms with Crippen LogP contribution in [0.25, 0.3) is 0 Å². The van der Waals surface area contributed by atoms with Gasteiger partial charge in [-0.3, -0.25) is 0 Å². The highest BCUT2D eigenvalue weighted by Gasteiger charge is 2.58. The van der Waals surface area contributed by atoms with Gasteiger partial charge in [0, 0.05) is 0 Å². The van der Waals surface area contributed by atoms with Crippen molar-refractivity contribution >= 4 is 17.9 Å². The number of benzene rings is 3. The molecule has 9 heteroatoms. The van der Waals surface area contributed by atoms with E-state index >= 15 is 0 Å². The van der Waals surface area contributed by atoms with E-state index < -0.39 is 54.5 Å². The molecule has 0 heterocycles. The second-order valence-electron chi connectivity index (χ2n) is 9.97. The summed E-state index contributed by atoms with van der Waals surface area (Å²) in [5.74, 6) is -2.06. The number of carbonyl (C=O) groups excluding carboxylic acids is 3. The molecule has 45 heavy (non-hydrogen) atoms. The molecule has 1 aliphatic carbocycles. The minimum Gasteiger partial charge on any atom is -0.453 e. The van der Waals surface area contributed by atoms with Crippen molar-refractivity contribution in [2.24, 2.45) is 0 Å². The molecule has 3 aromatic carbocycles. The first-order chi connectivity index (χ1) is 22.0. The topological polar surface area (TPSA) is 107 Å². The number of hydrogen-bond donors (Lipinski definition) is 0. The third-order valence-electron chi connectivity index (χ3n) is 6.92. The van der Waals surface area contributed by atoms with Gasteiger partial charge >= 0.3 is 17.9 Å². The zero-order valence-electron chi connectivity index (χ0n) is 24.8. The minimum atomic E-state index is -1.25. The van der Waals surface area contributed by atoms with Crippen molar-refractivity contribution < 1.29 is 42.8 Å². The van der Waals surface area contributed by atoms with Crippen LogP contribution in [0.1, 0.15) is 31.1 Å². The summed E-state index contributed by atoms with van der Waals surface area (Å²) in [5.41, 5.74) is 0.800. The molecule has 0 radical (unpaired) electrons. The first-order valence-corrected chi connectivity index (χ1v) is 14.4. The Morgan fingerprint density at radius 1 is 0.444 bits per heavy atom. The van der Waals surface area contributed by atoms with E-state index in [2.05, 4.69) is 19.7 Å². The maximum atomic E-state index is 13.5. The fraction of sp³-hybridized carbons (Fsp3) is 0.250. The smallest absolute Gasteiger partial charge is 0.338 e. The van der Waals surface area contributed by atoms with E-state index in [1.165, 1.54) is 18.2 Å². The Hall–Kier alpha value is -4.83. The molecule has 0 unspecified atom stereocenters. The molecule has 3 aromatic rings. The summed E-state index contributed by atoms with van der Waals surface area (Å²) in [5, 5.41) is 0. The van der Waals surface area contributed by atoms with Crippen LogP contribution in [0.15, 0.2) is 129 Å². The zero-order valence-corrected chi connectivity index (χ0v) is 24.8. The Kier molecular flexibility index (Phi) is 12.4. The molecule has 1 aliphatic rings. The summed E-state index contributed by atoms with van der Waals surface area (Å²) in [6.07, 6.45) is -2.64. The van der Waals surface area contributed by atoms with Crippen molar-refractivity contribution in [2.45, 2.75) is 36.6 Å². The van der Waals surface area contributed by atoms with Crippen molar-refractivity contribution in [3.05, 3.63) is 146 Å². The number of hydrogen-bond acceptors (Lipinski definition) is 9. The molecular formula is C36H36O9. The van der Waals surface area contributed by atoms with Crippen LogP contribution in [0.3, 0.4) is 0 Å². The highest BCUT2D eigenvalue weighted by atomic mass is 16.6. The van der Waals surface area contributed by atoms with Gasteiger partial charge in [0.1, 0.15) is 18.3 Å². The van der Waals surface area contributed by atoms with E-state index in [4.69, 9.17) is 28.4 Å². The number of rotatable bonds is 15. The summed E-state index contributed by atoms with van der Waals surface area (Å²) >= 11 is 0. The van der Waals surface area contributed by atoms with E-state index in [1.807, 2.05) is 0 Å².